The van der Waals surface area contributed by atoms with Crippen LogP contribution in [-0.4, -0.2) is 39.5 Å². The quantitative estimate of drug-likeness (QED) is 0.665. The second kappa shape index (κ2) is 9.17. The zero-order chi connectivity index (χ0) is 19.2. The summed E-state index contributed by atoms with van der Waals surface area (Å²) < 4.78 is 2.12. The predicted octanol–water partition coefficient (Wildman–Crippen LogP) is 3.70. The summed E-state index contributed by atoms with van der Waals surface area (Å²) in [6.45, 7) is 2.94. The Balaban J connectivity index is 1.28. The molecular weight excluding hydrogens is 368 g/mol. The number of piperidine rings is 1. The van der Waals surface area contributed by atoms with Gasteiger partial charge in [0.25, 0.3) is 0 Å². The first-order valence-electron chi connectivity index (χ1n) is 9.83. The van der Waals surface area contributed by atoms with Gasteiger partial charge >= 0.3 is 0 Å². The minimum Gasteiger partial charge on any atom is -0.353 e. The third kappa shape index (κ3) is 4.88. The molecule has 1 amide bonds. The van der Waals surface area contributed by atoms with Crippen LogP contribution in [0.1, 0.15) is 36.4 Å². The largest absolute Gasteiger partial charge is 0.353 e. The summed E-state index contributed by atoms with van der Waals surface area (Å²) in [5, 5.41) is 7.47. The fourth-order valence-electron chi connectivity index (χ4n) is 3.86. The Morgan fingerprint density at radius 1 is 1.21 bits per heavy atom. The lowest BCUT2D eigenvalue weighted by Gasteiger charge is -2.32. The van der Waals surface area contributed by atoms with Crippen LogP contribution in [0.3, 0.4) is 0 Å². The first kappa shape index (κ1) is 18.9. The maximum atomic E-state index is 12.7. The van der Waals surface area contributed by atoms with E-state index < -0.39 is 0 Å². The molecule has 3 aromatic heterocycles. The van der Waals surface area contributed by atoms with Crippen LogP contribution in [0.2, 0.25) is 0 Å². The maximum absolute atomic E-state index is 12.7. The predicted molar refractivity (Wildman–Crippen MR) is 112 cm³/mol. The van der Waals surface area contributed by atoms with E-state index in [1.807, 2.05) is 43.0 Å². The average Bonchev–Trinajstić information content (AvgIpc) is 3.43. The highest BCUT2D eigenvalue weighted by molar-refractivity contribution is 7.08. The molecule has 0 unspecified atom stereocenters. The van der Waals surface area contributed by atoms with Crippen LogP contribution < -0.4 is 5.32 Å². The van der Waals surface area contributed by atoms with Gasteiger partial charge in [-0.2, -0.15) is 11.3 Å². The van der Waals surface area contributed by atoms with E-state index in [2.05, 4.69) is 42.7 Å². The van der Waals surface area contributed by atoms with Crippen molar-refractivity contribution in [2.24, 2.45) is 0 Å². The number of amides is 1. The van der Waals surface area contributed by atoms with Crippen molar-refractivity contribution in [3.63, 3.8) is 0 Å². The van der Waals surface area contributed by atoms with Gasteiger partial charge in [-0.25, -0.2) is 0 Å². The highest BCUT2D eigenvalue weighted by Crippen LogP contribution is 2.25. The minimum absolute atomic E-state index is 0.0620. The lowest BCUT2D eigenvalue weighted by atomic mass is 10.0. The molecule has 1 atom stereocenters. The fraction of sp³-hybridized carbons (Fsp3) is 0.364. The van der Waals surface area contributed by atoms with Gasteiger partial charge in [0.1, 0.15) is 0 Å². The van der Waals surface area contributed by atoms with Crippen molar-refractivity contribution < 1.29 is 4.79 Å². The summed E-state index contributed by atoms with van der Waals surface area (Å²) in [6, 6.07) is 10.6. The van der Waals surface area contributed by atoms with Crippen LogP contribution in [0.15, 0.2) is 65.9 Å². The Kier molecular flexibility index (Phi) is 6.19. The van der Waals surface area contributed by atoms with Crippen molar-refractivity contribution in [2.75, 3.05) is 13.1 Å². The molecule has 0 bridgehead atoms. The molecule has 146 valence electrons. The van der Waals surface area contributed by atoms with Crippen molar-refractivity contribution in [3.8, 4) is 0 Å². The second-order valence-corrected chi connectivity index (χ2v) is 8.17. The molecule has 0 radical (unpaired) electrons. The standard InChI is InChI=1S/C22H26N4OS/c27-22(14-21(19-7-13-28-17-19)26-9-1-2-10-26)24-20-5-11-25(12-6-20)16-18-4-3-8-23-15-18/h1-4,7-10,13,15,17,20-21H,5-6,11-12,14,16H2,(H,24,27)/t21-/m1/s1. The van der Waals surface area contributed by atoms with Gasteiger partial charge in [0.15, 0.2) is 0 Å². The third-order valence-electron chi connectivity index (χ3n) is 5.38. The van der Waals surface area contributed by atoms with Gasteiger partial charge in [-0.1, -0.05) is 6.07 Å². The van der Waals surface area contributed by atoms with E-state index >= 15 is 0 Å². The number of pyridine rings is 1. The van der Waals surface area contributed by atoms with E-state index in [1.165, 1.54) is 11.1 Å². The SMILES string of the molecule is O=C(C[C@H](c1ccsc1)n1cccc1)NC1CCN(Cc2cccnc2)CC1. The molecule has 1 saturated heterocycles. The molecule has 6 heteroatoms. The van der Waals surface area contributed by atoms with Crippen molar-refractivity contribution in [1.82, 2.24) is 19.8 Å². The number of likely N-dealkylation sites (tertiary alicyclic amines) is 1. The van der Waals surface area contributed by atoms with Crippen LogP contribution in [0.5, 0.6) is 0 Å². The van der Waals surface area contributed by atoms with Crippen LogP contribution in [0.4, 0.5) is 0 Å². The summed E-state index contributed by atoms with van der Waals surface area (Å²) in [6.07, 6.45) is 10.3. The monoisotopic (exact) mass is 394 g/mol. The van der Waals surface area contributed by atoms with E-state index in [9.17, 15) is 4.79 Å². The average molecular weight is 395 g/mol. The maximum Gasteiger partial charge on any atom is 0.222 e. The van der Waals surface area contributed by atoms with Gasteiger partial charge in [-0.05, 0) is 59.0 Å². The number of rotatable bonds is 7. The summed E-state index contributed by atoms with van der Waals surface area (Å²) in [4.78, 5) is 19.4. The fourth-order valence-corrected chi connectivity index (χ4v) is 4.57. The highest BCUT2D eigenvalue weighted by atomic mass is 32.1. The molecule has 0 saturated carbocycles. The Labute approximate surface area is 170 Å². The van der Waals surface area contributed by atoms with E-state index in [0.717, 1.165) is 32.5 Å². The number of thiophene rings is 1. The Morgan fingerprint density at radius 2 is 2.04 bits per heavy atom. The van der Waals surface area contributed by atoms with E-state index in [4.69, 9.17) is 0 Å². The van der Waals surface area contributed by atoms with E-state index in [1.54, 1.807) is 11.3 Å². The van der Waals surface area contributed by atoms with Crippen molar-refractivity contribution in [1.29, 1.82) is 0 Å². The lowest BCUT2D eigenvalue weighted by molar-refractivity contribution is -0.122. The van der Waals surface area contributed by atoms with E-state index in [0.29, 0.717) is 6.42 Å². The molecule has 1 aliphatic heterocycles. The van der Waals surface area contributed by atoms with Crippen LogP contribution in [0.25, 0.3) is 0 Å². The zero-order valence-electron chi connectivity index (χ0n) is 15.9. The van der Waals surface area contributed by atoms with Crippen molar-refractivity contribution >= 4 is 17.2 Å². The number of aromatic nitrogens is 2. The van der Waals surface area contributed by atoms with Gasteiger partial charge in [-0.15, -0.1) is 0 Å². The van der Waals surface area contributed by atoms with Crippen molar-refractivity contribution in [3.05, 3.63) is 77.0 Å². The molecule has 4 rings (SSSR count). The smallest absolute Gasteiger partial charge is 0.222 e. The first-order valence-corrected chi connectivity index (χ1v) is 10.8. The Morgan fingerprint density at radius 3 is 2.71 bits per heavy atom. The third-order valence-corrected chi connectivity index (χ3v) is 6.08. The normalized spacial score (nSPS) is 16.7. The van der Waals surface area contributed by atoms with Crippen molar-refractivity contribution in [2.45, 2.75) is 37.9 Å². The summed E-state index contributed by atoms with van der Waals surface area (Å²) >= 11 is 1.67. The molecule has 1 N–H and O–H groups in total. The first-order chi connectivity index (χ1) is 13.8. The number of hydrogen-bond acceptors (Lipinski definition) is 4. The molecule has 0 aliphatic carbocycles. The van der Waals surface area contributed by atoms with Gasteiger partial charge in [0, 0.05) is 50.5 Å². The van der Waals surface area contributed by atoms with Gasteiger partial charge < -0.3 is 9.88 Å². The highest BCUT2D eigenvalue weighted by Gasteiger charge is 2.23. The lowest BCUT2D eigenvalue weighted by Crippen LogP contribution is -2.44. The van der Waals surface area contributed by atoms with Crippen LogP contribution in [-0.2, 0) is 11.3 Å². The summed E-state index contributed by atoms with van der Waals surface area (Å²) in [5.41, 5.74) is 2.44. The number of carbonyl (C=O) groups excluding carboxylic acids is 1. The van der Waals surface area contributed by atoms with Gasteiger partial charge in [-0.3, -0.25) is 14.7 Å². The molecule has 5 nitrogen and oxygen atoms in total. The van der Waals surface area contributed by atoms with Crippen LogP contribution in [0, 0.1) is 0 Å². The molecule has 0 spiro atoms. The number of hydrogen-bond donors (Lipinski definition) is 1. The van der Waals surface area contributed by atoms with Crippen LogP contribution >= 0.6 is 11.3 Å². The summed E-state index contributed by atoms with van der Waals surface area (Å²) in [7, 11) is 0. The molecule has 28 heavy (non-hydrogen) atoms. The Bertz CT molecular complexity index is 806. The van der Waals surface area contributed by atoms with Gasteiger partial charge in [0.05, 0.1) is 12.5 Å². The molecular formula is C22H26N4OS. The Hall–Kier alpha value is -2.44. The zero-order valence-corrected chi connectivity index (χ0v) is 16.7. The molecule has 0 aromatic carbocycles. The topological polar surface area (TPSA) is 50.2 Å². The number of nitrogens with zero attached hydrogens (tertiary/aromatic N) is 3. The van der Waals surface area contributed by atoms with E-state index in [-0.39, 0.29) is 18.0 Å². The van der Waals surface area contributed by atoms with Gasteiger partial charge in [0.2, 0.25) is 5.91 Å². The molecule has 3 aromatic rings. The number of carbonyl (C=O) groups is 1. The molecule has 4 heterocycles. The second-order valence-electron chi connectivity index (χ2n) is 7.39. The minimum atomic E-state index is 0.0620. The molecule has 1 aliphatic rings. The number of nitrogens with one attached hydrogen (secondary N) is 1. The molecule has 1 fully saturated rings. The summed E-state index contributed by atoms with van der Waals surface area (Å²) in [5.74, 6) is 0.135.